The highest BCUT2D eigenvalue weighted by atomic mass is 31.2. The lowest BCUT2D eigenvalue weighted by Crippen LogP contribution is -2.08. The van der Waals surface area contributed by atoms with Crippen LogP contribution < -0.4 is 18.9 Å². The van der Waals surface area contributed by atoms with E-state index in [4.69, 9.17) is 28.0 Å². The average Bonchev–Trinajstić information content (AvgIpc) is 3.28. The van der Waals surface area contributed by atoms with Crippen molar-refractivity contribution in [2.45, 2.75) is 12.8 Å². The molecule has 0 spiro atoms. The van der Waals surface area contributed by atoms with Gasteiger partial charge in [-0.05, 0) is 42.3 Å². The molecule has 8 heteroatoms. The Bertz CT molecular complexity index is 1020. The molecule has 1 heterocycles. The quantitative estimate of drug-likeness (QED) is 0.371. The molecule has 0 saturated carbocycles. The van der Waals surface area contributed by atoms with E-state index in [1.807, 2.05) is 49.4 Å². The lowest BCUT2D eigenvalue weighted by molar-refractivity contribution is 0.174. The fourth-order valence-electron chi connectivity index (χ4n) is 3.48. The van der Waals surface area contributed by atoms with Gasteiger partial charge in [0.1, 0.15) is 0 Å². The predicted molar refractivity (Wildman–Crippen MR) is 118 cm³/mol. The minimum absolute atomic E-state index is 0.162. The standard InChI is InChI=1S/C23H27O7P/c1-6-7-8-22(31(24,27-4)28-5)23(16-9-11-18(25-2)20(13-16)26-3)17-10-12-19-21(14-17)30-15-29-19/h6-14,23H,15H2,1-5H3/b7-6+,22-8-. The van der Waals surface area contributed by atoms with Crippen LogP contribution in [0.15, 0.2) is 59.9 Å². The van der Waals surface area contributed by atoms with Gasteiger partial charge in [-0.25, -0.2) is 0 Å². The number of benzene rings is 2. The molecule has 0 N–H and O–H groups in total. The second-order valence-corrected chi connectivity index (χ2v) is 8.88. The smallest absolute Gasteiger partial charge is 0.357 e. The third-order valence-electron chi connectivity index (χ3n) is 5.02. The van der Waals surface area contributed by atoms with Gasteiger partial charge in [-0.15, -0.1) is 0 Å². The molecule has 1 atom stereocenters. The van der Waals surface area contributed by atoms with E-state index < -0.39 is 13.5 Å². The molecule has 166 valence electrons. The molecule has 0 amide bonds. The lowest BCUT2D eigenvalue weighted by Gasteiger charge is -2.26. The third kappa shape index (κ3) is 4.64. The molecule has 1 aliphatic heterocycles. The van der Waals surface area contributed by atoms with Gasteiger partial charge in [0, 0.05) is 20.1 Å². The van der Waals surface area contributed by atoms with Crippen LogP contribution in [0.5, 0.6) is 23.0 Å². The van der Waals surface area contributed by atoms with Crippen molar-refractivity contribution in [1.82, 2.24) is 0 Å². The van der Waals surface area contributed by atoms with Crippen LogP contribution in [0.4, 0.5) is 0 Å². The summed E-state index contributed by atoms with van der Waals surface area (Å²) < 4.78 is 46.3. The number of ether oxygens (including phenoxy) is 4. The Morgan fingerprint density at radius 3 is 2.23 bits per heavy atom. The van der Waals surface area contributed by atoms with Crippen LogP contribution in [0.25, 0.3) is 0 Å². The van der Waals surface area contributed by atoms with Crippen LogP contribution >= 0.6 is 7.60 Å². The molecule has 0 aliphatic carbocycles. The predicted octanol–water partition coefficient (Wildman–Crippen LogP) is 5.51. The van der Waals surface area contributed by atoms with Crippen molar-refractivity contribution in [2.75, 3.05) is 35.2 Å². The van der Waals surface area contributed by atoms with Crippen LogP contribution in [0.1, 0.15) is 24.0 Å². The molecular weight excluding hydrogens is 419 g/mol. The van der Waals surface area contributed by atoms with E-state index in [9.17, 15) is 4.57 Å². The number of methoxy groups -OCH3 is 2. The minimum atomic E-state index is -3.60. The van der Waals surface area contributed by atoms with Gasteiger partial charge in [-0.1, -0.05) is 30.4 Å². The monoisotopic (exact) mass is 446 g/mol. The van der Waals surface area contributed by atoms with Crippen molar-refractivity contribution in [3.63, 3.8) is 0 Å². The first-order valence-electron chi connectivity index (χ1n) is 9.67. The van der Waals surface area contributed by atoms with E-state index in [0.29, 0.717) is 28.3 Å². The molecular formula is C23H27O7P. The number of allylic oxidation sites excluding steroid dienone is 4. The summed E-state index contributed by atoms with van der Waals surface area (Å²) in [6, 6.07) is 11.2. The minimum Gasteiger partial charge on any atom is -0.493 e. The Kier molecular flexibility index (Phi) is 7.44. The van der Waals surface area contributed by atoms with Gasteiger partial charge in [-0.3, -0.25) is 4.57 Å². The first kappa shape index (κ1) is 22.9. The topological polar surface area (TPSA) is 72.5 Å². The molecule has 1 aliphatic rings. The van der Waals surface area contributed by atoms with Crippen LogP contribution in [0, 0.1) is 0 Å². The van der Waals surface area contributed by atoms with E-state index in [-0.39, 0.29) is 6.79 Å². The SMILES string of the molecule is C/C=C/C=C(/C(c1ccc(OC)c(OC)c1)c1ccc2c(c1)OCO2)P(=O)(OC)OC. The molecule has 0 aromatic heterocycles. The highest BCUT2D eigenvalue weighted by Crippen LogP contribution is 2.61. The fourth-order valence-corrected chi connectivity index (χ4v) is 4.94. The summed E-state index contributed by atoms with van der Waals surface area (Å²) in [6.45, 7) is 2.04. The number of hydrogen-bond donors (Lipinski definition) is 0. The lowest BCUT2D eigenvalue weighted by atomic mass is 9.90. The van der Waals surface area contributed by atoms with Gasteiger partial charge in [0.2, 0.25) is 6.79 Å². The zero-order valence-electron chi connectivity index (χ0n) is 18.3. The largest absolute Gasteiger partial charge is 0.493 e. The van der Waals surface area contributed by atoms with Gasteiger partial charge in [0.15, 0.2) is 23.0 Å². The molecule has 2 aromatic rings. The summed E-state index contributed by atoms with van der Waals surface area (Å²) in [5, 5.41) is 0.474. The zero-order valence-corrected chi connectivity index (χ0v) is 19.2. The van der Waals surface area contributed by atoms with Gasteiger partial charge in [0.05, 0.1) is 19.5 Å². The molecule has 0 radical (unpaired) electrons. The van der Waals surface area contributed by atoms with Crippen LogP contribution in [-0.2, 0) is 13.6 Å². The Balaban J connectivity index is 2.26. The first-order chi connectivity index (χ1) is 15.0. The summed E-state index contributed by atoms with van der Waals surface area (Å²) in [4.78, 5) is 0. The third-order valence-corrected chi connectivity index (χ3v) is 7.02. The Morgan fingerprint density at radius 1 is 0.935 bits per heavy atom. The zero-order chi connectivity index (χ0) is 22.4. The van der Waals surface area contributed by atoms with Crippen LogP contribution in [-0.4, -0.2) is 35.2 Å². The number of rotatable bonds is 9. The first-order valence-corrected chi connectivity index (χ1v) is 11.2. The molecule has 0 saturated heterocycles. The van der Waals surface area contributed by atoms with E-state index in [0.717, 1.165) is 11.1 Å². The normalized spacial score (nSPS) is 14.7. The molecule has 0 bridgehead atoms. The van der Waals surface area contributed by atoms with E-state index in [1.165, 1.54) is 14.2 Å². The Labute approximate surface area is 182 Å². The van der Waals surface area contributed by atoms with Crippen molar-refractivity contribution < 1.29 is 32.6 Å². The van der Waals surface area contributed by atoms with Gasteiger partial charge >= 0.3 is 7.60 Å². The van der Waals surface area contributed by atoms with E-state index >= 15 is 0 Å². The van der Waals surface area contributed by atoms with Crippen molar-refractivity contribution in [1.29, 1.82) is 0 Å². The summed E-state index contributed by atoms with van der Waals surface area (Å²) in [5.41, 5.74) is 1.66. The summed E-state index contributed by atoms with van der Waals surface area (Å²) in [6.07, 6.45) is 5.42. The van der Waals surface area contributed by atoms with Crippen molar-refractivity contribution in [3.05, 3.63) is 71.1 Å². The summed E-state index contributed by atoms with van der Waals surface area (Å²) >= 11 is 0. The maximum atomic E-state index is 13.6. The molecule has 0 fully saturated rings. The molecule has 31 heavy (non-hydrogen) atoms. The van der Waals surface area contributed by atoms with Crippen LogP contribution in [0.3, 0.4) is 0 Å². The van der Waals surface area contributed by atoms with Gasteiger partial charge < -0.3 is 28.0 Å². The maximum Gasteiger partial charge on any atom is 0.357 e. The maximum absolute atomic E-state index is 13.6. The number of fused-ring (bicyclic) bond motifs is 1. The van der Waals surface area contributed by atoms with Gasteiger partial charge in [-0.2, -0.15) is 0 Å². The van der Waals surface area contributed by atoms with Crippen LogP contribution in [0.2, 0.25) is 0 Å². The number of hydrogen-bond acceptors (Lipinski definition) is 7. The van der Waals surface area contributed by atoms with Crippen molar-refractivity contribution >= 4 is 7.60 Å². The molecule has 3 rings (SSSR count). The Hall–Kier alpha value is -2.73. The summed E-state index contributed by atoms with van der Waals surface area (Å²) in [7, 11) is 2.29. The summed E-state index contributed by atoms with van der Waals surface area (Å²) in [5.74, 6) is 1.96. The molecule has 1 unspecified atom stereocenters. The average molecular weight is 446 g/mol. The molecule has 7 nitrogen and oxygen atoms in total. The second kappa shape index (κ2) is 10.1. The van der Waals surface area contributed by atoms with E-state index in [1.54, 1.807) is 26.4 Å². The highest BCUT2D eigenvalue weighted by Gasteiger charge is 2.36. The van der Waals surface area contributed by atoms with E-state index in [2.05, 4.69) is 0 Å². The molecule has 2 aromatic carbocycles. The van der Waals surface area contributed by atoms with Crippen molar-refractivity contribution in [3.8, 4) is 23.0 Å². The van der Waals surface area contributed by atoms with Gasteiger partial charge in [0.25, 0.3) is 0 Å². The highest BCUT2D eigenvalue weighted by molar-refractivity contribution is 7.58. The fraction of sp³-hybridized carbons (Fsp3) is 0.304. The second-order valence-electron chi connectivity index (χ2n) is 6.64. The Morgan fingerprint density at radius 2 is 1.58 bits per heavy atom. The van der Waals surface area contributed by atoms with Crippen molar-refractivity contribution in [2.24, 2.45) is 0 Å².